The summed E-state index contributed by atoms with van der Waals surface area (Å²) in [5, 5.41) is 20.4. The fourth-order valence-electron chi connectivity index (χ4n) is 1.91. The monoisotopic (exact) mass is 304 g/mol. The quantitative estimate of drug-likeness (QED) is 0.839. The van der Waals surface area contributed by atoms with Crippen LogP contribution in [0.2, 0.25) is 0 Å². The van der Waals surface area contributed by atoms with Gasteiger partial charge < -0.3 is 15.2 Å². The van der Waals surface area contributed by atoms with E-state index in [1.807, 2.05) is 20.8 Å². The van der Waals surface area contributed by atoms with Crippen molar-refractivity contribution in [3.63, 3.8) is 0 Å². The molecule has 0 radical (unpaired) electrons. The number of hydrogen-bond donors (Lipinski definition) is 2. The van der Waals surface area contributed by atoms with E-state index in [-0.39, 0.29) is 29.9 Å². The predicted molar refractivity (Wildman–Crippen MR) is 81.1 cm³/mol. The number of aliphatic hydroxyl groups is 1. The summed E-state index contributed by atoms with van der Waals surface area (Å²) in [4.78, 5) is 13.4. The standard InChI is InChI=1S/C15H20N4O3/c1-4-22-12-7-5-11(6-8-12)19-17-13(9-20)14(18-19)15(21)16-10(2)3/h5-8,10,20H,4,9H2,1-3H3,(H,16,21). The normalized spacial score (nSPS) is 10.8. The fourth-order valence-corrected chi connectivity index (χ4v) is 1.91. The van der Waals surface area contributed by atoms with Crippen LogP contribution in [0.15, 0.2) is 24.3 Å². The van der Waals surface area contributed by atoms with Crippen molar-refractivity contribution < 1.29 is 14.6 Å². The molecule has 0 fully saturated rings. The van der Waals surface area contributed by atoms with Crippen LogP contribution in [0, 0.1) is 0 Å². The Kier molecular flexibility index (Phi) is 5.11. The van der Waals surface area contributed by atoms with E-state index in [0.29, 0.717) is 12.3 Å². The molecule has 0 unspecified atom stereocenters. The van der Waals surface area contributed by atoms with Gasteiger partial charge in [0.15, 0.2) is 5.69 Å². The summed E-state index contributed by atoms with van der Waals surface area (Å²) in [5.41, 5.74) is 1.05. The van der Waals surface area contributed by atoms with E-state index in [9.17, 15) is 9.90 Å². The number of nitrogens with one attached hydrogen (secondary N) is 1. The van der Waals surface area contributed by atoms with Crippen molar-refractivity contribution in [3.8, 4) is 11.4 Å². The van der Waals surface area contributed by atoms with Gasteiger partial charge in [-0.2, -0.15) is 4.80 Å². The molecule has 7 heteroatoms. The summed E-state index contributed by atoms with van der Waals surface area (Å²) in [5.74, 6) is 0.398. The molecule has 7 nitrogen and oxygen atoms in total. The van der Waals surface area contributed by atoms with Gasteiger partial charge in [0.2, 0.25) is 0 Å². The number of carbonyl (C=O) groups excluding carboxylic acids is 1. The number of rotatable bonds is 6. The Balaban J connectivity index is 2.28. The minimum Gasteiger partial charge on any atom is -0.494 e. The molecule has 2 rings (SSSR count). The summed E-state index contributed by atoms with van der Waals surface area (Å²) in [6, 6.07) is 7.16. The lowest BCUT2D eigenvalue weighted by molar-refractivity contribution is 0.0934. The molecular formula is C15H20N4O3. The van der Waals surface area contributed by atoms with Gasteiger partial charge in [-0.1, -0.05) is 0 Å². The highest BCUT2D eigenvalue weighted by molar-refractivity contribution is 5.93. The van der Waals surface area contributed by atoms with Crippen LogP contribution >= 0.6 is 0 Å². The van der Waals surface area contributed by atoms with E-state index >= 15 is 0 Å². The maximum atomic E-state index is 12.1. The van der Waals surface area contributed by atoms with Crippen molar-refractivity contribution >= 4 is 5.91 Å². The lowest BCUT2D eigenvalue weighted by Crippen LogP contribution is -2.31. The third-order valence-corrected chi connectivity index (χ3v) is 2.85. The zero-order valence-corrected chi connectivity index (χ0v) is 12.9. The maximum absolute atomic E-state index is 12.1. The Hall–Kier alpha value is -2.41. The maximum Gasteiger partial charge on any atom is 0.274 e. The Morgan fingerprint density at radius 1 is 1.32 bits per heavy atom. The zero-order valence-electron chi connectivity index (χ0n) is 12.9. The first-order valence-electron chi connectivity index (χ1n) is 7.16. The lowest BCUT2D eigenvalue weighted by atomic mass is 10.3. The van der Waals surface area contributed by atoms with Gasteiger partial charge in [-0.15, -0.1) is 10.2 Å². The highest BCUT2D eigenvalue weighted by Crippen LogP contribution is 2.15. The van der Waals surface area contributed by atoms with E-state index < -0.39 is 0 Å². The first kappa shape index (κ1) is 16.0. The number of aliphatic hydroxyl groups excluding tert-OH is 1. The molecule has 0 spiro atoms. The van der Waals surface area contributed by atoms with Gasteiger partial charge in [0.1, 0.15) is 11.4 Å². The van der Waals surface area contributed by atoms with Crippen molar-refractivity contribution in [2.45, 2.75) is 33.4 Å². The average molecular weight is 304 g/mol. The second-order valence-corrected chi connectivity index (χ2v) is 5.00. The van der Waals surface area contributed by atoms with Crippen LogP contribution < -0.4 is 10.1 Å². The van der Waals surface area contributed by atoms with Crippen LogP contribution in [-0.4, -0.2) is 38.7 Å². The Morgan fingerprint density at radius 2 is 2.00 bits per heavy atom. The van der Waals surface area contributed by atoms with Crippen molar-refractivity contribution in [1.82, 2.24) is 20.3 Å². The second kappa shape index (κ2) is 7.04. The minimum atomic E-state index is -0.351. The number of carbonyl (C=O) groups is 1. The molecule has 0 saturated carbocycles. The molecule has 1 aromatic heterocycles. The molecule has 0 saturated heterocycles. The molecule has 22 heavy (non-hydrogen) atoms. The van der Waals surface area contributed by atoms with E-state index in [0.717, 1.165) is 5.75 Å². The van der Waals surface area contributed by atoms with Gasteiger partial charge in [0.05, 0.1) is 18.9 Å². The number of ether oxygens (including phenoxy) is 1. The Bertz CT molecular complexity index is 635. The summed E-state index contributed by atoms with van der Waals surface area (Å²) in [7, 11) is 0. The van der Waals surface area contributed by atoms with E-state index in [4.69, 9.17) is 4.74 Å². The van der Waals surface area contributed by atoms with Gasteiger partial charge in [-0.05, 0) is 45.0 Å². The van der Waals surface area contributed by atoms with E-state index in [1.54, 1.807) is 24.3 Å². The molecule has 2 N–H and O–H groups in total. The smallest absolute Gasteiger partial charge is 0.274 e. The summed E-state index contributed by atoms with van der Waals surface area (Å²) >= 11 is 0. The molecule has 118 valence electrons. The lowest BCUT2D eigenvalue weighted by Gasteiger charge is -2.06. The Labute approximate surface area is 128 Å². The highest BCUT2D eigenvalue weighted by Gasteiger charge is 2.19. The highest BCUT2D eigenvalue weighted by atomic mass is 16.5. The largest absolute Gasteiger partial charge is 0.494 e. The van der Waals surface area contributed by atoms with Gasteiger partial charge in [-0.3, -0.25) is 4.79 Å². The third kappa shape index (κ3) is 3.62. The second-order valence-electron chi connectivity index (χ2n) is 5.00. The van der Waals surface area contributed by atoms with Crippen molar-refractivity contribution in [1.29, 1.82) is 0 Å². The molecule has 0 aliphatic heterocycles. The summed E-state index contributed by atoms with van der Waals surface area (Å²) in [6.45, 7) is 5.86. The van der Waals surface area contributed by atoms with Gasteiger partial charge >= 0.3 is 0 Å². The van der Waals surface area contributed by atoms with Gasteiger partial charge in [-0.25, -0.2) is 0 Å². The van der Waals surface area contributed by atoms with Crippen LogP contribution in [0.25, 0.3) is 5.69 Å². The van der Waals surface area contributed by atoms with Crippen molar-refractivity contribution in [2.75, 3.05) is 6.61 Å². The summed E-state index contributed by atoms with van der Waals surface area (Å²) in [6.07, 6.45) is 0. The topological polar surface area (TPSA) is 89.3 Å². The molecule has 0 atom stereocenters. The fraction of sp³-hybridized carbons (Fsp3) is 0.400. The van der Waals surface area contributed by atoms with Gasteiger partial charge in [0.25, 0.3) is 5.91 Å². The minimum absolute atomic E-state index is 0.0188. The van der Waals surface area contributed by atoms with Crippen LogP contribution in [0.1, 0.15) is 37.0 Å². The van der Waals surface area contributed by atoms with Crippen molar-refractivity contribution in [3.05, 3.63) is 35.7 Å². The molecular weight excluding hydrogens is 284 g/mol. The number of nitrogens with zero attached hydrogens (tertiary/aromatic N) is 3. The van der Waals surface area contributed by atoms with Crippen molar-refractivity contribution in [2.24, 2.45) is 0 Å². The first-order chi connectivity index (χ1) is 10.5. The van der Waals surface area contributed by atoms with Crippen LogP contribution in [0.4, 0.5) is 0 Å². The van der Waals surface area contributed by atoms with Crippen LogP contribution in [0.5, 0.6) is 5.75 Å². The van der Waals surface area contributed by atoms with E-state index in [2.05, 4.69) is 15.5 Å². The summed E-state index contributed by atoms with van der Waals surface area (Å²) < 4.78 is 5.37. The third-order valence-electron chi connectivity index (χ3n) is 2.85. The molecule has 1 amide bonds. The first-order valence-corrected chi connectivity index (χ1v) is 7.16. The van der Waals surface area contributed by atoms with Crippen LogP contribution in [-0.2, 0) is 6.61 Å². The zero-order chi connectivity index (χ0) is 16.1. The molecule has 0 aliphatic carbocycles. The number of benzene rings is 1. The number of aromatic nitrogens is 3. The molecule has 0 bridgehead atoms. The SMILES string of the molecule is CCOc1ccc(-n2nc(CO)c(C(=O)NC(C)C)n2)cc1. The van der Waals surface area contributed by atoms with Gasteiger partial charge in [0, 0.05) is 6.04 Å². The molecule has 1 aromatic carbocycles. The predicted octanol–water partition coefficient (Wildman–Crippen LogP) is 1.30. The Morgan fingerprint density at radius 3 is 2.55 bits per heavy atom. The molecule has 1 heterocycles. The molecule has 0 aliphatic rings. The number of amides is 1. The average Bonchev–Trinajstić information content (AvgIpc) is 2.92. The van der Waals surface area contributed by atoms with E-state index in [1.165, 1.54) is 4.80 Å². The number of hydrogen-bond acceptors (Lipinski definition) is 5. The molecule has 2 aromatic rings. The van der Waals surface area contributed by atoms with Crippen LogP contribution in [0.3, 0.4) is 0 Å².